The van der Waals surface area contributed by atoms with E-state index in [2.05, 4.69) is 119 Å². The van der Waals surface area contributed by atoms with E-state index in [0.717, 1.165) is 33.5 Å². The van der Waals surface area contributed by atoms with E-state index in [1.165, 1.54) is 32.3 Å². The first-order valence-electron chi connectivity index (χ1n) is 15.0. The fourth-order valence-electron chi connectivity index (χ4n) is 5.33. The zero-order chi connectivity index (χ0) is 31.4. The van der Waals surface area contributed by atoms with Gasteiger partial charge in [0.15, 0.2) is 0 Å². The number of nitrogens with zero attached hydrogens (tertiary/aromatic N) is 3. The van der Waals surface area contributed by atoms with E-state index in [0.29, 0.717) is 6.54 Å². The van der Waals surface area contributed by atoms with Gasteiger partial charge in [-0.2, -0.15) is 0 Å². The van der Waals surface area contributed by atoms with Gasteiger partial charge in [0.1, 0.15) is 0 Å². The molecule has 0 amide bonds. The van der Waals surface area contributed by atoms with Crippen LogP contribution in [0.3, 0.4) is 0 Å². The third-order valence-electron chi connectivity index (χ3n) is 7.45. The zero-order valence-electron chi connectivity index (χ0n) is 25.9. The minimum atomic E-state index is 0.517. The number of hydrogen-bond donors (Lipinski definition) is 0. The summed E-state index contributed by atoms with van der Waals surface area (Å²) in [6.07, 6.45) is 19.4. The molecule has 5 aromatic rings. The summed E-state index contributed by atoms with van der Waals surface area (Å²) >= 11 is 0. The highest BCUT2D eigenvalue weighted by Crippen LogP contribution is 2.36. The molecule has 5 aromatic carbocycles. The third-order valence-corrected chi connectivity index (χ3v) is 7.45. The van der Waals surface area contributed by atoms with Crippen LogP contribution in [0.5, 0.6) is 0 Å². The second-order valence-corrected chi connectivity index (χ2v) is 10.6. The zero-order valence-corrected chi connectivity index (χ0v) is 25.9. The number of allylic oxidation sites excluding steroid dienone is 7. The molecule has 3 nitrogen and oxygen atoms in total. The third kappa shape index (κ3) is 7.65. The van der Waals surface area contributed by atoms with Crippen molar-refractivity contribution in [1.29, 1.82) is 0 Å². The molecule has 3 heteroatoms. The van der Waals surface area contributed by atoms with Crippen LogP contribution in [-0.4, -0.2) is 25.7 Å². The Bertz CT molecular complexity index is 2050. The van der Waals surface area contributed by atoms with Crippen LogP contribution in [0.4, 0.5) is 0 Å². The monoisotopic (exact) mass is 583 g/mol. The molecule has 0 spiro atoms. The molecule has 0 aromatic heterocycles. The van der Waals surface area contributed by atoms with Crippen LogP contribution in [0.1, 0.15) is 30.5 Å². The summed E-state index contributed by atoms with van der Waals surface area (Å²) in [6, 6.07) is 32.2. The molecule has 0 N–H and O–H groups in total. The summed E-state index contributed by atoms with van der Waals surface area (Å²) in [4.78, 5) is 13.0. The Hall–Kier alpha value is -5.67. The Morgan fingerprint density at radius 2 is 1.42 bits per heavy atom. The fourth-order valence-corrected chi connectivity index (χ4v) is 5.33. The Labute approximate surface area is 266 Å². The lowest BCUT2D eigenvalue weighted by Crippen LogP contribution is -1.88. The van der Waals surface area contributed by atoms with Crippen molar-refractivity contribution in [3.63, 3.8) is 0 Å². The summed E-state index contributed by atoms with van der Waals surface area (Å²) in [6.45, 7) is 12.3. The predicted octanol–water partition coefficient (Wildman–Crippen LogP) is 11.1. The normalized spacial score (nSPS) is 13.2. The van der Waals surface area contributed by atoms with Crippen molar-refractivity contribution in [2.24, 2.45) is 15.0 Å². The second kappa shape index (κ2) is 15.2. The largest absolute Gasteiger partial charge is 0.289 e. The van der Waals surface area contributed by atoms with E-state index in [1.807, 2.05) is 56.4 Å². The summed E-state index contributed by atoms with van der Waals surface area (Å²) in [5, 5.41) is 7.57. The molecule has 0 fully saturated rings. The lowest BCUT2D eigenvalue weighted by Gasteiger charge is -2.12. The minimum Gasteiger partial charge on any atom is -0.289 e. The van der Waals surface area contributed by atoms with Crippen molar-refractivity contribution in [2.45, 2.75) is 13.8 Å². The highest BCUT2D eigenvalue weighted by atomic mass is 14.7. The smallest absolute Gasteiger partial charge is 0.0710 e. The molecule has 0 unspecified atom stereocenters. The van der Waals surface area contributed by atoms with E-state index < -0.39 is 0 Å². The van der Waals surface area contributed by atoms with Gasteiger partial charge in [0.2, 0.25) is 0 Å². The van der Waals surface area contributed by atoms with Gasteiger partial charge in [0, 0.05) is 24.2 Å². The van der Waals surface area contributed by atoms with Gasteiger partial charge in [-0.15, -0.1) is 0 Å². The molecular formula is C42H37N3. The molecule has 0 bridgehead atoms. The Morgan fingerprint density at radius 3 is 2.09 bits per heavy atom. The van der Waals surface area contributed by atoms with Gasteiger partial charge in [-0.1, -0.05) is 121 Å². The van der Waals surface area contributed by atoms with Crippen molar-refractivity contribution < 1.29 is 0 Å². The van der Waals surface area contributed by atoms with Gasteiger partial charge in [0.05, 0.1) is 12.2 Å². The summed E-state index contributed by atoms with van der Waals surface area (Å²) in [5.74, 6) is 0. The molecule has 220 valence electrons. The Kier molecular flexibility index (Phi) is 10.4. The molecule has 45 heavy (non-hydrogen) atoms. The van der Waals surface area contributed by atoms with Crippen LogP contribution < -0.4 is 0 Å². The van der Waals surface area contributed by atoms with Crippen LogP contribution in [0.25, 0.3) is 49.7 Å². The standard InChI is InChI=1S/C42H37N3/c1-5-44-26-11-10-13-32-14-12-15-35(29-32)42(43-4)25-28-45-27-24-33(21-20-31(2)3)34-22-23-40-38-18-7-6-16-36(38)37-17-8-9-19-39(37)41(40)30-34/h5-26,28-30H,2,4,27H2,1,3H3/b13-10+,21-20-,26-11-,33-24+,42-25-,44-5-,45-28-. The minimum absolute atomic E-state index is 0.517. The van der Waals surface area contributed by atoms with Gasteiger partial charge in [0.25, 0.3) is 0 Å². The molecule has 0 atom stereocenters. The van der Waals surface area contributed by atoms with Crippen molar-refractivity contribution in [3.05, 3.63) is 162 Å². The first kappa shape index (κ1) is 30.8. The second-order valence-electron chi connectivity index (χ2n) is 10.6. The van der Waals surface area contributed by atoms with E-state index >= 15 is 0 Å². The Morgan fingerprint density at radius 1 is 0.733 bits per heavy atom. The van der Waals surface area contributed by atoms with Crippen molar-refractivity contribution in [3.8, 4) is 0 Å². The molecule has 0 aliphatic carbocycles. The number of fused-ring (bicyclic) bond motifs is 6. The van der Waals surface area contributed by atoms with E-state index in [9.17, 15) is 0 Å². The van der Waals surface area contributed by atoms with E-state index in [-0.39, 0.29) is 0 Å². The first-order valence-corrected chi connectivity index (χ1v) is 15.0. The number of benzene rings is 5. The summed E-state index contributed by atoms with van der Waals surface area (Å²) in [7, 11) is 0. The average Bonchev–Trinajstić information content (AvgIpc) is 3.07. The molecular weight excluding hydrogens is 546 g/mol. The molecule has 0 aliphatic heterocycles. The average molecular weight is 584 g/mol. The van der Waals surface area contributed by atoms with Gasteiger partial charge in [-0.25, -0.2) is 0 Å². The topological polar surface area (TPSA) is 37.1 Å². The molecule has 0 heterocycles. The SMILES string of the molecule is C=N/C(=C\C=N/C/C=C(\C=C/C(=C)C)c1ccc2c3ccccc3c3ccccc3c2c1)c1cccc(/C=C/C=C\N=C/C)c1. The summed E-state index contributed by atoms with van der Waals surface area (Å²) < 4.78 is 0. The van der Waals surface area contributed by atoms with Crippen LogP contribution in [0.2, 0.25) is 0 Å². The number of rotatable bonds is 11. The van der Waals surface area contributed by atoms with Crippen molar-refractivity contribution >= 4 is 68.8 Å². The maximum atomic E-state index is 4.67. The van der Waals surface area contributed by atoms with Gasteiger partial charge >= 0.3 is 0 Å². The highest BCUT2D eigenvalue weighted by Gasteiger charge is 2.09. The maximum absolute atomic E-state index is 4.67. The van der Waals surface area contributed by atoms with Gasteiger partial charge in [-0.3, -0.25) is 15.0 Å². The van der Waals surface area contributed by atoms with Crippen molar-refractivity contribution in [2.75, 3.05) is 6.54 Å². The van der Waals surface area contributed by atoms with Crippen LogP contribution >= 0.6 is 0 Å². The predicted molar refractivity (Wildman–Crippen MR) is 201 cm³/mol. The molecule has 5 rings (SSSR count). The van der Waals surface area contributed by atoms with Gasteiger partial charge in [-0.05, 0) is 93.9 Å². The molecule has 0 saturated heterocycles. The molecule has 0 saturated carbocycles. The lowest BCUT2D eigenvalue weighted by atomic mass is 9.92. The number of hydrogen-bond acceptors (Lipinski definition) is 3. The fraction of sp³-hybridized carbons (Fsp3) is 0.0714. The molecule has 0 radical (unpaired) electrons. The van der Waals surface area contributed by atoms with Crippen LogP contribution in [-0.2, 0) is 0 Å². The van der Waals surface area contributed by atoms with Gasteiger partial charge < -0.3 is 0 Å². The first-order chi connectivity index (χ1) is 22.1. The maximum Gasteiger partial charge on any atom is 0.0710 e. The van der Waals surface area contributed by atoms with Crippen LogP contribution in [0.15, 0.2) is 161 Å². The highest BCUT2D eigenvalue weighted by molar-refractivity contribution is 6.25. The van der Waals surface area contributed by atoms with E-state index in [1.54, 1.807) is 18.6 Å². The Balaban J connectivity index is 1.43. The van der Waals surface area contributed by atoms with E-state index in [4.69, 9.17) is 0 Å². The summed E-state index contributed by atoms with van der Waals surface area (Å²) in [5.41, 5.74) is 6.04. The molecule has 0 aliphatic rings. The number of aliphatic imine (C=N–C) groups is 3. The lowest BCUT2D eigenvalue weighted by molar-refractivity contribution is 1.26. The van der Waals surface area contributed by atoms with Crippen LogP contribution in [0, 0.1) is 0 Å². The van der Waals surface area contributed by atoms with Crippen molar-refractivity contribution in [1.82, 2.24) is 0 Å². The quantitative estimate of drug-likeness (QED) is 0.0843.